The van der Waals surface area contributed by atoms with Crippen molar-refractivity contribution in [2.45, 2.75) is 46.3 Å². The molecule has 0 aliphatic rings. The Labute approximate surface area is 125 Å². The van der Waals surface area contributed by atoms with Gasteiger partial charge >= 0.3 is 12.1 Å². The molecule has 1 amide bonds. The minimum Gasteiger partial charge on any atom is -0.479 e. The number of aryl methyl sites for hydroxylation is 1. The number of likely N-dealkylation sites (N-methyl/N-ethyl adjacent to an activating group) is 1. The number of nitrogens with zero attached hydrogens (tertiary/aromatic N) is 1. The fraction of sp³-hybridized carbons (Fsp3) is 0.500. The lowest BCUT2D eigenvalue weighted by Crippen LogP contribution is -2.42. The molecule has 1 aromatic rings. The number of benzene rings is 1. The second-order valence-corrected chi connectivity index (χ2v) is 5.92. The molecule has 0 saturated heterocycles. The highest BCUT2D eigenvalue weighted by molar-refractivity contribution is 5.81. The molecule has 5 heteroatoms. The van der Waals surface area contributed by atoms with Gasteiger partial charge in [0.15, 0.2) is 6.04 Å². The quantitative estimate of drug-likeness (QED) is 0.924. The van der Waals surface area contributed by atoms with Crippen molar-refractivity contribution in [2.75, 3.05) is 6.54 Å². The van der Waals surface area contributed by atoms with Crippen molar-refractivity contribution in [1.82, 2.24) is 4.90 Å². The number of hydrogen-bond donors (Lipinski definition) is 1. The first kappa shape index (κ1) is 17.0. The zero-order valence-corrected chi connectivity index (χ0v) is 13.2. The van der Waals surface area contributed by atoms with Gasteiger partial charge in [-0.05, 0) is 40.2 Å². The third-order valence-corrected chi connectivity index (χ3v) is 2.87. The molecule has 0 fully saturated rings. The maximum absolute atomic E-state index is 12.2. The van der Waals surface area contributed by atoms with E-state index in [9.17, 15) is 14.7 Å². The molecule has 5 nitrogen and oxygen atoms in total. The molecule has 1 rings (SSSR count). The summed E-state index contributed by atoms with van der Waals surface area (Å²) in [6, 6.07) is 6.09. The largest absolute Gasteiger partial charge is 0.479 e. The number of rotatable bonds is 4. The maximum Gasteiger partial charge on any atom is 0.411 e. The Morgan fingerprint density at radius 1 is 1.33 bits per heavy atom. The van der Waals surface area contributed by atoms with Gasteiger partial charge in [-0.3, -0.25) is 4.90 Å². The van der Waals surface area contributed by atoms with E-state index in [1.54, 1.807) is 45.9 Å². The van der Waals surface area contributed by atoms with Gasteiger partial charge in [0.2, 0.25) is 0 Å². The zero-order chi connectivity index (χ0) is 16.2. The summed E-state index contributed by atoms with van der Waals surface area (Å²) in [5.41, 5.74) is 0.842. The lowest BCUT2D eigenvalue weighted by molar-refractivity contribution is -0.143. The van der Waals surface area contributed by atoms with Crippen LogP contribution < -0.4 is 0 Å². The number of carbonyl (C=O) groups is 2. The van der Waals surface area contributed by atoms with Gasteiger partial charge < -0.3 is 9.84 Å². The van der Waals surface area contributed by atoms with E-state index in [1.807, 2.05) is 13.0 Å². The van der Waals surface area contributed by atoms with E-state index < -0.39 is 23.7 Å². The summed E-state index contributed by atoms with van der Waals surface area (Å²) < 4.78 is 5.30. The lowest BCUT2D eigenvalue weighted by atomic mass is 10.0. The van der Waals surface area contributed by atoms with Crippen molar-refractivity contribution in [1.29, 1.82) is 0 Å². The van der Waals surface area contributed by atoms with Crippen molar-refractivity contribution in [3.8, 4) is 0 Å². The average molecular weight is 293 g/mol. The minimum atomic E-state index is -1.08. The third-order valence-electron chi connectivity index (χ3n) is 2.87. The minimum absolute atomic E-state index is 0.250. The molecular weight excluding hydrogens is 270 g/mol. The summed E-state index contributed by atoms with van der Waals surface area (Å²) in [5, 5.41) is 9.52. The van der Waals surface area contributed by atoms with E-state index in [2.05, 4.69) is 0 Å². The fourth-order valence-corrected chi connectivity index (χ4v) is 2.03. The highest BCUT2D eigenvalue weighted by Crippen LogP contribution is 2.24. The first-order valence-corrected chi connectivity index (χ1v) is 6.94. The van der Waals surface area contributed by atoms with Gasteiger partial charge in [0, 0.05) is 6.54 Å². The Bertz CT molecular complexity index is 519. The third kappa shape index (κ3) is 4.77. The van der Waals surface area contributed by atoms with Gasteiger partial charge in [-0.1, -0.05) is 29.8 Å². The molecule has 0 aliphatic carbocycles. The first-order chi connectivity index (χ1) is 9.65. The topological polar surface area (TPSA) is 66.8 Å². The number of carbonyl (C=O) groups excluding carboxylic acids is 1. The molecular formula is C16H23NO4. The fourth-order valence-electron chi connectivity index (χ4n) is 2.03. The van der Waals surface area contributed by atoms with Crippen LogP contribution in [-0.4, -0.2) is 34.2 Å². The second-order valence-electron chi connectivity index (χ2n) is 5.92. The van der Waals surface area contributed by atoms with Crippen molar-refractivity contribution in [3.63, 3.8) is 0 Å². The Morgan fingerprint density at radius 3 is 2.38 bits per heavy atom. The standard InChI is InChI=1S/C16H23NO4/c1-6-17(15(20)21-16(3,4)5)13(14(18)19)12-9-7-8-11(2)10-12/h7-10,13H,6H2,1-5H3,(H,18,19). The summed E-state index contributed by atoms with van der Waals surface area (Å²) in [6.07, 6.45) is -0.626. The van der Waals surface area contributed by atoms with Crippen LogP contribution in [0.1, 0.15) is 44.9 Å². The molecule has 0 spiro atoms. The Kier molecular flexibility index (Phi) is 5.35. The predicted octanol–water partition coefficient (Wildman–Crippen LogP) is 3.38. The smallest absolute Gasteiger partial charge is 0.411 e. The molecule has 1 atom stereocenters. The zero-order valence-electron chi connectivity index (χ0n) is 13.2. The molecule has 0 heterocycles. The number of ether oxygens (including phenoxy) is 1. The average Bonchev–Trinajstić information content (AvgIpc) is 2.32. The highest BCUT2D eigenvalue weighted by atomic mass is 16.6. The van der Waals surface area contributed by atoms with Crippen LogP contribution in [0.2, 0.25) is 0 Å². The van der Waals surface area contributed by atoms with E-state index in [-0.39, 0.29) is 6.54 Å². The molecule has 21 heavy (non-hydrogen) atoms. The van der Waals surface area contributed by atoms with E-state index in [4.69, 9.17) is 4.74 Å². The van der Waals surface area contributed by atoms with Gasteiger partial charge in [-0.2, -0.15) is 0 Å². The second kappa shape index (κ2) is 6.61. The van der Waals surface area contributed by atoms with E-state index in [0.717, 1.165) is 5.56 Å². The van der Waals surface area contributed by atoms with Gasteiger partial charge in [0.1, 0.15) is 5.60 Å². The normalized spacial score (nSPS) is 12.6. The van der Waals surface area contributed by atoms with Gasteiger partial charge in [0.25, 0.3) is 0 Å². The summed E-state index contributed by atoms with van der Waals surface area (Å²) in [7, 11) is 0. The van der Waals surface area contributed by atoms with Crippen LogP contribution in [-0.2, 0) is 9.53 Å². The monoisotopic (exact) mass is 293 g/mol. The highest BCUT2D eigenvalue weighted by Gasteiger charge is 2.33. The Hall–Kier alpha value is -2.04. The molecule has 0 radical (unpaired) electrons. The van der Waals surface area contributed by atoms with Crippen molar-refractivity contribution in [2.24, 2.45) is 0 Å². The van der Waals surface area contributed by atoms with Gasteiger partial charge in [0.05, 0.1) is 0 Å². The molecule has 116 valence electrons. The Morgan fingerprint density at radius 2 is 1.95 bits per heavy atom. The van der Waals surface area contributed by atoms with Crippen LogP contribution in [0.4, 0.5) is 4.79 Å². The predicted molar refractivity (Wildman–Crippen MR) is 80.2 cm³/mol. The van der Waals surface area contributed by atoms with Crippen LogP contribution in [0.3, 0.4) is 0 Å². The maximum atomic E-state index is 12.2. The molecule has 0 bridgehead atoms. The molecule has 1 unspecified atom stereocenters. The van der Waals surface area contributed by atoms with Gasteiger partial charge in [-0.25, -0.2) is 9.59 Å². The summed E-state index contributed by atoms with van der Waals surface area (Å²) in [4.78, 5) is 25.1. The molecule has 0 saturated carbocycles. The SMILES string of the molecule is CCN(C(=O)OC(C)(C)C)C(C(=O)O)c1cccc(C)c1. The van der Waals surface area contributed by atoms with Crippen LogP contribution in [0, 0.1) is 6.92 Å². The van der Waals surface area contributed by atoms with Crippen LogP contribution in [0.15, 0.2) is 24.3 Å². The molecule has 1 N–H and O–H groups in total. The Balaban J connectivity index is 3.13. The van der Waals surface area contributed by atoms with Crippen LogP contribution in [0.5, 0.6) is 0 Å². The van der Waals surface area contributed by atoms with Crippen LogP contribution in [0.25, 0.3) is 0 Å². The molecule has 1 aromatic carbocycles. The molecule has 0 aliphatic heterocycles. The van der Waals surface area contributed by atoms with E-state index >= 15 is 0 Å². The van der Waals surface area contributed by atoms with Gasteiger partial charge in [-0.15, -0.1) is 0 Å². The number of carboxylic acids is 1. The summed E-state index contributed by atoms with van der Waals surface area (Å²) >= 11 is 0. The molecule has 0 aromatic heterocycles. The number of amides is 1. The van der Waals surface area contributed by atoms with Crippen molar-refractivity contribution < 1.29 is 19.4 Å². The van der Waals surface area contributed by atoms with E-state index in [0.29, 0.717) is 5.56 Å². The number of carboxylic acid groups (broad SMARTS) is 1. The lowest BCUT2D eigenvalue weighted by Gasteiger charge is -2.31. The van der Waals surface area contributed by atoms with E-state index in [1.165, 1.54) is 4.90 Å². The first-order valence-electron chi connectivity index (χ1n) is 6.94. The van der Waals surface area contributed by atoms with Crippen molar-refractivity contribution >= 4 is 12.1 Å². The summed E-state index contributed by atoms with van der Waals surface area (Å²) in [5.74, 6) is -1.08. The number of aliphatic carboxylic acids is 1. The van der Waals surface area contributed by atoms with Crippen molar-refractivity contribution in [3.05, 3.63) is 35.4 Å². The number of hydrogen-bond acceptors (Lipinski definition) is 3. The summed E-state index contributed by atoms with van der Waals surface area (Å²) in [6.45, 7) is 9.12. The van der Waals surface area contributed by atoms with Crippen LogP contribution >= 0.6 is 0 Å².